The van der Waals surface area contributed by atoms with Gasteiger partial charge in [-0.1, -0.05) is 22.9 Å². The maximum atomic E-state index is 11.3. The van der Waals surface area contributed by atoms with Crippen LogP contribution in [0.2, 0.25) is 0 Å². The summed E-state index contributed by atoms with van der Waals surface area (Å²) in [6.07, 6.45) is -0.690. The van der Waals surface area contributed by atoms with E-state index in [4.69, 9.17) is 9.47 Å². The first-order chi connectivity index (χ1) is 7.45. The Morgan fingerprint density at radius 3 is 2.56 bits per heavy atom. The highest BCUT2D eigenvalue weighted by Gasteiger charge is 2.40. The second-order valence-electron chi connectivity index (χ2n) is 3.74. The van der Waals surface area contributed by atoms with E-state index in [0.29, 0.717) is 6.42 Å². The molecule has 1 aliphatic heterocycles. The van der Waals surface area contributed by atoms with Gasteiger partial charge in [-0.15, -0.1) is 0 Å². The van der Waals surface area contributed by atoms with Crippen LogP contribution < -0.4 is 0 Å². The number of halogens is 1. The third kappa shape index (κ3) is 3.18. The number of rotatable bonds is 2. The molecule has 92 valence electrons. The highest BCUT2D eigenvalue weighted by atomic mass is 79.9. The summed E-state index contributed by atoms with van der Waals surface area (Å²) in [5.41, 5.74) is 0. The Morgan fingerprint density at radius 1 is 1.44 bits per heavy atom. The van der Waals surface area contributed by atoms with E-state index >= 15 is 0 Å². The summed E-state index contributed by atoms with van der Waals surface area (Å²) in [5, 5.41) is -0.324. The number of esters is 2. The fraction of sp³-hybridized carbons (Fsp3) is 0.800. The zero-order chi connectivity index (χ0) is 12.3. The zero-order valence-electron chi connectivity index (χ0n) is 9.44. The van der Waals surface area contributed by atoms with Crippen molar-refractivity contribution in [2.75, 3.05) is 7.11 Å². The van der Waals surface area contributed by atoms with Gasteiger partial charge in [0.2, 0.25) is 0 Å². The van der Waals surface area contributed by atoms with E-state index in [9.17, 15) is 9.59 Å². The van der Waals surface area contributed by atoms with Gasteiger partial charge >= 0.3 is 11.9 Å². The van der Waals surface area contributed by atoms with E-state index < -0.39 is 12.1 Å². The summed E-state index contributed by atoms with van der Waals surface area (Å²) in [6.45, 7) is 3.24. The van der Waals surface area contributed by atoms with Gasteiger partial charge in [-0.2, -0.15) is 0 Å². The molecule has 1 unspecified atom stereocenters. The molecule has 0 saturated carbocycles. The number of alkyl halides is 1. The molecule has 5 nitrogen and oxygen atoms in total. The number of carbonyl (C=O) groups excluding carboxylic acids is 2. The lowest BCUT2D eigenvalue weighted by Gasteiger charge is -2.36. The van der Waals surface area contributed by atoms with Crippen LogP contribution in [0.3, 0.4) is 0 Å². The second-order valence-corrected chi connectivity index (χ2v) is 4.64. The molecule has 0 aromatic rings. The Hall–Kier alpha value is -0.620. The van der Waals surface area contributed by atoms with Gasteiger partial charge in [-0.3, -0.25) is 4.79 Å². The summed E-state index contributed by atoms with van der Waals surface area (Å²) < 4.78 is 15.2. The van der Waals surface area contributed by atoms with Gasteiger partial charge in [-0.25, -0.2) is 4.79 Å². The minimum absolute atomic E-state index is 0.00944. The molecule has 0 bridgehead atoms. The molecule has 0 spiro atoms. The number of hydrogen-bond donors (Lipinski definition) is 0. The van der Waals surface area contributed by atoms with Crippen molar-refractivity contribution in [3.05, 3.63) is 0 Å². The van der Waals surface area contributed by atoms with Crippen LogP contribution in [0.15, 0.2) is 0 Å². The molecule has 1 heterocycles. The first kappa shape index (κ1) is 13.4. The molecule has 1 saturated heterocycles. The highest BCUT2D eigenvalue weighted by molar-refractivity contribution is 9.09. The third-order valence-corrected chi connectivity index (χ3v) is 3.57. The fourth-order valence-electron chi connectivity index (χ4n) is 1.58. The van der Waals surface area contributed by atoms with Crippen LogP contribution >= 0.6 is 15.9 Å². The molecule has 0 aromatic carbocycles. The molecule has 0 radical (unpaired) electrons. The first-order valence-electron chi connectivity index (χ1n) is 5.00. The maximum absolute atomic E-state index is 11.3. The van der Waals surface area contributed by atoms with Gasteiger partial charge in [0.25, 0.3) is 0 Å². The molecule has 1 rings (SSSR count). The predicted molar refractivity (Wildman–Crippen MR) is 58.9 cm³/mol. The molecular weight excluding hydrogens is 280 g/mol. The van der Waals surface area contributed by atoms with Crippen molar-refractivity contribution in [2.24, 2.45) is 5.92 Å². The van der Waals surface area contributed by atoms with Crippen molar-refractivity contribution in [2.45, 2.75) is 37.5 Å². The van der Waals surface area contributed by atoms with Crippen LogP contribution in [-0.4, -0.2) is 36.3 Å². The van der Waals surface area contributed by atoms with Gasteiger partial charge in [-0.05, 0) is 0 Å². The molecule has 0 amide bonds. The van der Waals surface area contributed by atoms with Crippen molar-refractivity contribution < 1.29 is 23.8 Å². The Bertz CT molecular complexity index is 280. The molecule has 6 heteroatoms. The first-order valence-corrected chi connectivity index (χ1v) is 5.91. The largest absolute Gasteiger partial charge is 0.467 e. The van der Waals surface area contributed by atoms with Gasteiger partial charge in [0, 0.05) is 19.3 Å². The van der Waals surface area contributed by atoms with E-state index in [-0.39, 0.29) is 23.0 Å². The molecule has 0 aromatic heterocycles. The Labute approximate surface area is 103 Å². The fourth-order valence-corrected chi connectivity index (χ4v) is 2.18. The monoisotopic (exact) mass is 294 g/mol. The highest BCUT2D eigenvalue weighted by Crippen LogP contribution is 2.31. The number of methoxy groups -OCH3 is 1. The molecular formula is C10H15BrO5. The van der Waals surface area contributed by atoms with Crippen molar-refractivity contribution in [1.29, 1.82) is 0 Å². The molecule has 1 aliphatic rings. The zero-order valence-corrected chi connectivity index (χ0v) is 11.0. The predicted octanol–water partition coefficient (Wildman–Crippen LogP) is 1.24. The standard InChI is InChI=1S/C10H15BrO5/c1-5-7(15-6(2)12)4-8(10(13)14-3)16-9(5)11/h5,7-9H,4H2,1-3H3/t5?,7-,8-,9+/m0/s1. The Kier molecular flexibility index (Phi) is 4.73. The van der Waals surface area contributed by atoms with Crippen molar-refractivity contribution in [3.63, 3.8) is 0 Å². The topological polar surface area (TPSA) is 61.8 Å². The van der Waals surface area contributed by atoms with E-state index in [0.717, 1.165) is 0 Å². The van der Waals surface area contributed by atoms with Crippen LogP contribution in [0.1, 0.15) is 20.3 Å². The van der Waals surface area contributed by atoms with Gasteiger partial charge in [0.05, 0.1) is 7.11 Å². The van der Waals surface area contributed by atoms with E-state index in [1.54, 1.807) is 0 Å². The third-order valence-electron chi connectivity index (χ3n) is 2.52. The number of ether oxygens (including phenoxy) is 3. The molecule has 0 aliphatic carbocycles. The summed E-state index contributed by atoms with van der Waals surface area (Å²) in [6, 6.07) is 0. The summed E-state index contributed by atoms with van der Waals surface area (Å²) in [4.78, 5) is 22.3. The average Bonchev–Trinajstić information content (AvgIpc) is 2.22. The summed E-state index contributed by atoms with van der Waals surface area (Å²) in [5.74, 6) is -0.819. The van der Waals surface area contributed by atoms with Crippen LogP contribution in [0.4, 0.5) is 0 Å². The lowest BCUT2D eigenvalue weighted by molar-refractivity contribution is -0.177. The number of hydrogen-bond acceptors (Lipinski definition) is 5. The Balaban J connectivity index is 2.68. The minimum Gasteiger partial charge on any atom is -0.467 e. The lowest BCUT2D eigenvalue weighted by Crippen LogP contribution is -2.45. The van der Waals surface area contributed by atoms with E-state index in [2.05, 4.69) is 20.7 Å². The van der Waals surface area contributed by atoms with Crippen LogP contribution in [0, 0.1) is 5.92 Å². The van der Waals surface area contributed by atoms with Crippen LogP contribution in [0.5, 0.6) is 0 Å². The lowest BCUT2D eigenvalue weighted by atomic mass is 9.96. The van der Waals surface area contributed by atoms with Crippen LogP contribution in [0.25, 0.3) is 0 Å². The normalized spacial score (nSPS) is 34.2. The molecule has 0 N–H and O–H groups in total. The molecule has 1 fully saturated rings. The SMILES string of the molecule is COC(=O)[C@@H]1C[C@H](OC(C)=O)C(C)[C@H](Br)O1. The molecule has 16 heavy (non-hydrogen) atoms. The van der Waals surface area contributed by atoms with Crippen molar-refractivity contribution in [1.82, 2.24) is 0 Å². The van der Waals surface area contributed by atoms with Gasteiger partial charge < -0.3 is 14.2 Å². The average molecular weight is 295 g/mol. The minimum atomic E-state index is -0.685. The van der Waals surface area contributed by atoms with E-state index in [1.807, 2.05) is 6.92 Å². The Morgan fingerprint density at radius 2 is 2.06 bits per heavy atom. The quantitative estimate of drug-likeness (QED) is 0.566. The van der Waals surface area contributed by atoms with Crippen LogP contribution in [-0.2, 0) is 23.8 Å². The van der Waals surface area contributed by atoms with Gasteiger partial charge in [0.1, 0.15) is 11.1 Å². The van der Waals surface area contributed by atoms with Crippen molar-refractivity contribution in [3.8, 4) is 0 Å². The van der Waals surface area contributed by atoms with E-state index in [1.165, 1.54) is 14.0 Å². The smallest absolute Gasteiger partial charge is 0.335 e. The number of carbonyl (C=O) groups is 2. The van der Waals surface area contributed by atoms with Gasteiger partial charge in [0.15, 0.2) is 6.10 Å². The summed E-state index contributed by atoms with van der Waals surface area (Å²) >= 11 is 3.30. The van der Waals surface area contributed by atoms with Crippen molar-refractivity contribution >= 4 is 27.9 Å². The second kappa shape index (κ2) is 5.63. The summed E-state index contributed by atoms with van der Waals surface area (Å²) in [7, 11) is 1.30. The maximum Gasteiger partial charge on any atom is 0.335 e. The molecule has 4 atom stereocenters.